The molecule has 2 aromatic carbocycles. The Morgan fingerprint density at radius 1 is 1.03 bits per heavy atom. The number of halogens is 1. The molecule has 1 aliphatic rings. The topological polar surface area (TPSA) is 94.5 Å². The Kier molecular flexibility index (Phi) is 5.42. The van der Waals surface area contributed by atoms with Crippen molar-refractivity contribution in [2.24, 2.45) is 0 Å². The molecule has 0 saturated heterocycles. The number of carbonyl (C=O) groups excluding carboxylic acids is 2. The van der Waals surface area contributed by atoms with E-state index in [1.807, 2.05) is 0 Å². The zero-order valence-electron chi connectivity index (χ0n) is 15.7. The van der Waals surface area contributed by atoms with Crippen LogP contribution in [-0.2, 0) is 4.79 Å². The molecule has 3 aromatic rings. The standard InChI is InChI=1S/C21H17FN4O4/c22-15-3-5-16(6-4-15)26-13-23-12-17(26)21(28)25-24-20(27)8-2-14-1-7-18-19(11-14)30-10-9-29-18/h1-8,11-13H,9-10H2,(H,24,27)(H,25,28)/b8-2+. The molecule has 2 N–H and O–H groups in total. The van der Waals surface area contributed by atoms with Gasteiger partial charge in [-0.05, 0) is 48.0 Å². The second-order valence-corrected chi connectivity index (χ2v) is 6.31. The molecule has 0 radical (unpaired) electrons. The smallest absolute Gasteiger partial charge is 0.288 e. The van der Waals surface area contributed by atoms with Crippen molar-refractivity contribution in [1.29, 1.82) is 0 Å². The largest absolute Gasteiger partial charge is 0.486 e. The van der Waals surface area contributed by atoms with Crippen molar-refractivity contribution in [1.82, 2.24) is 20.4 Å². The van der Waals surface area contributed by atoms with Crippen LogP contribution >= 0.6 is 0 Å². The monoisotopic (exact) mass is 408 g/mol. The highest BCUT2D eigenvalue weighted by molar-refractivity contribution is 5.97. The van der Waals surface area contributed by atoms with E-state index in [1.165, 1.54) is 47.4 Å². The zero-order valence-corrected chi connectivity index (χ0v) is 15.7. The molecule has 2 amide bonds. The molecule has 2 heterocycles. The summed E-state index contributed by atoms with van der Waals surface area (Å²) in [5, 5.41) is 0. The maximum atomic E-state index is 13.1. The lowest BCUT2D eigenvalue weighted by Crippen LogP contribution is -2.41. The number of nitrogens with zero attached hydrogens (tertiary/aromatic N) is 2. The third kappa shape index (κ3) is 4.30. The summed E-state index contributed by atoms with van der Waals surface area (Å²) in [6, 6.07) is 10.9. The van der Waals surface area contributed by atoms with E-state index in [-0.39, 0.29) is 11.5 Å². The average Bonchev–Trinajstić information content (AvgIpc) is 3.26. The number of aromatic nitrogens is 2. The first-order valence-electron chi connectivity index (χ1n) is 9.06. The highest BCUT2D eigenvalue weighted by Gasteiger charge is 2.14. The van der Waals surface area contributed by atoms with E-state index in [0.717, 1.165) is 5.56 Å². The van der Waals surface area contributed by atoms with Gasteiger partial charge in [-0.15, -0.1) is 0 Å². The third-order valence-electron chi connectivity index (χ3n) is 4.27. The van der Waals surface area contributed by atoms with Crippen LogP contribution < -0.4 is 20.3 Å². The number of rotatable bonds is 4. The van der Waals surface area contributed by atoms with E-state index in [0.29, 0.717) is 30.4 Å². The Labute approximate surface area is 170 Å². The van der Waals surface area contributed by atoms with E-state index < -0.39 is 11.8 Å². The second-order valence-electron chi connectivity index (χ2n) is 6.31. The fraction of sp³-hybridized carbons (Fsp3) is 0.0952. The van der Waals surface area contributed by atoms with Crippen LogP contribution in [0.5, 0.6) is 11.5 Å². The number of amides is 2. The molecule has 0 atom stereocenters. The molecule has 0 unspecified atom stereocenters. The highest BCUT2D eigenvalue weighted by Crippen LogP contribution is 2.31. The van der Waals surface area contributed by atoms with Gasteiger partial charge in [-0.2, -0.15) is 0 Å². The Morgan fingerprint density at radius 2 is 1.80 bits per heavy atom. The molecule has 1 aliphatic heterocycles. The maximum absolute atomic E-state index is 13.1. The molecule has 0 saturated carbocycles. The molecular formula is C21H17FN4O4. The number of benzene rings is 2. The van der Waals surface area contributed by atoms with Crippen molar-refractivity contribution < 1.29 is 23.5 Å². The molecule has 0 fully saturated rings. The third-order valence-corrected chi connectivity index (χ3v) is 4.27. The normalized spacial score (nSPS) is 12.6. The molecule has 4 rings (SSSR count). The Bertz CT molecular complexity index is 1110. The molecule has 8 nitrogen and oxygen atoms in total. The lowest BCUT2D eigenvalue weighted by molar-refractivity contribution is -0.117. The van der Waals surface area contributed by atoms with Gasteiger partial charge < -0.3 is 9.47 Å². The number of imidazole rings is 1. The summed E-state index contributed by atoms with van der Waals surface area (Å²) >= 11 is 0. The summed E-state index contributed by atoms with van der Waals surface area (Å²) in [6.07, 6.45) is 5.63. The lowest BCUT2D eigenvalue weighted by atomic mass is 10.2. The van der Waals surface area contributed by atoms with Crippen molar-refractivity contribution in [2.75, 3.05) is 13.2 Å². The van der Waals surface area contributed by atoms with Gasteiger partial charge in [0.25, 0.3) is 11.8 Å². The van der Waals surface area contributed by atoms with Crippen molar-refractivity contribution >= 4 is 17.9 Å². The van der Waals surface area contributed by atoms with Crippen molar-refractivity contribution in [2.45, 2.75) is 0 Å². The first kappa shape index (κ1) is 19.2. The number of hydrogen-bond donors (Lipinski definition) is 2. The molecule has 1 aromatic heterocycles. The molecule has 0 aliphatic carbocycles. The number of ether oxygens (including phenoxy) is 2. The van der Waals surface area contributed by atoms with Crippen LogP contribution in [-0.4, -0.2) is 34.6 Å². The fourth-order valence-electron chi connectivity index (χ4n) is 2.83. The first-order chi connectivity index (χ1) is 14.6. The van der Waals surface area contributed by atoms with E-state index in [9.17, 15) is 14.0 Å². The van der Waals surface area contributed by atoms with E-state index in [4.69, 9.17) is 9.47 Å². The fourth-order valence-corrected chi connectivity index (χ4v) is 2.83. The Morgan fingerprint density at radius 3 is 2.60 bits per heavy atom. The number of nitrogens with one attached hydrogen (secondary N) is 2. The Balaban J connectivity index is 1.36. The quantitative estimate of drug-likeness (QED) is 0.510. The van der Waals surface area contributed by atoms with Crippen molar-refractivity contribution in [3.05, 3.63) is 78.1 Å². The molecular weight excluding hydrogens is 391 g/mol. The Hall–Kier alpha value is -4.14. The molecule has 9 heteroatoms. The summed E-state index contributed by atoms with van der Waals surface area (Å²) in [7, 11) is 0. The van der Waals surface area contributed by atoms with Gasteiger partial charge >= 0.3 is 0 Å². The first-order valence-corrected chi connectivity index (χ1v) is 9.06. The molecule has 152 valence electrons. The summed E-state index contributed by atoms with van der Waals surface area (Å²) in [6.45, 7) is 0.978. The van der Waals surface area contributed by atoms with Crippen molar-refractivity contribution in [3.63, 3.8) is 0 Å². The number of hydrazine groups is 1. The summed E-state index contributed by atoms with van der Waals surface area (Å²) in [4.78, 5) is 28.4. The number of carbonyl (C=O) groups is 2. The summed E-state index contributed by atoms with van der Waals surface area (Å²) < 4.78 is 25.5. The van der Waals surface area contributed by atoms with Crippen LogP contribution in [0.4, 0.5) is 4.39 Å². The lowest BCUT2D eigenvalue weighted by Gasteiger charge is -2.18. The average molecular weight is 408 g/mol. The minimum Gasteiger partial charge on any atom is -0.486 e. The van der Waals surface area contributed by atoms with Crippen molar-refractivity contribution in [3.8, 4) is 17.2 Å². The van der Waals surface area contributed by atoms with Gasteiger partial charge in [0, 0.05) is 11.8 Å². The predicted octanol–water partition coefficient (Wildman–Crippen LogP) is 2.26. The molecule has 30 heavy (non-hydrogen) atoms. The van der Waals surface area contributed by atoms with E-state index >= 15 is 0 Å². The second kappa shape index (κ2) is 8.48. The SMILES string of the molecule is O=C(/C=C/c1ccc2c(c1)OCCO2)NNC(=O)c1cncn1-c1ccc(F)cc1. The van der Waals surface area contributed by atoms with Crippen LogP contribution in [0.15, 0.2) is 61.1 Å². The number of fused-ring (bicyclic) bond motifs is 1. The van der Waals surface area contributed by atoms with Gasteiger partial charge in [0.2, 0.25) is 0 Å². The molecule has 0 bridgehead atoms. The van der Waals surface area contributed by atoms with Crippen LogP contribution in [0.2, 0.25) is 0 Å². The maximum Gasteiger partial charge on any atom is 0.288 e. The van der Waals surface area contributed by atoms with Crippen LogP contribution in [0.3, 0.4) is 0 Å². The summed E-state index contributed by atoms with van der Waals surface area (Å²) in [5.41, 5.74) is 6.12. The van der Waals surface area contributed by atoms with Gasteiger partial charge in [0.15, 0.2) is 11.5 Å². The number of hydrogen-bond acceptors (Lipinski definition) is 5. The minimum atomic E-state index is -0.571. The van der Waals surface area contributed by atoms with Crippen LogP contribution in [0, 0.1) is 5.82 Å². The molecule has 0 spiro atoms. The van der Waals surface area contributed by atoms with Crippen LogP contribution in [0.1, 0.15) is 16.1 Å². The van der Waals surface area contributed by atoms with Gasteiger partial charge in [-0.25, -0.2) is 9.37 Å². The minimum absolute atomic E-state index is 0.178. The van der Waals surface area contributed by atoms with Gasteiger partial charge in [0.1, 0.15) is 24.7 Å². The van der Waals surface area contributed by atoms with Gasteiger partial charge in [-0.3, -0.25) is 25.0 Å². The van der Waals surface area contributed by atoms with E-state index in [1.54, 1.807) is 24.3 Å². The zero-order chi connectivity index (χ0) is 20.9. The van der Waals surface area contributed by atoms with Crippen LogP contribution in [0.25, 0.3) is 11.8 Å². The summed E-state index contributed by atoms with van der Waals surface area (Å²) in [5.74, 6) is -0.204. The van der Waals surface area contributed by atoms with Gasteiger partial charge in [0.05, 0.1) is 12.5 Å². The predicted molar refractivity (Wildman–Crippen MR) is 106 cm³/mol. The van der Waals surface area contributed by atoms with E-state index in [2.05, 4.69) is 15.8 Å². The highest BCUT2D eigenvalue weighted by atomic mass is 19.1. The van der Waals surface area contributed by atoms with Gasteiger partial charge in [-0.1, -0.05) is 6.07 Å².